The van der Waals surface area contributed by atoms with Gasteiger partial charge < -0.3 is 4.74 Å². The van der Waals surface area contributed by atoms with Crippen LogP contribution in [0.15, 0.2) is 75.7 Å². The highest BCUT2D eigenvalue weighted by molar-refractivity contribution is 9.11. The zero-order valence-corrected chi connectivity index (χ0v) is 18.2. The van der Waals surface area contributed by atoms with Gasteiger partial charge in [0.25, 0.3) is 5.69 Å². The Labute approximate surface area is 184 Å². The molecule has 0 N–H and O–H groups in total. The van der Waals surface area contributed by atoms with E-state index in [1.165, 1.54) is 12.1 Å². The molecule has 0 saturated heterocycles. The Morgan fingerprint density at radius 2 is 1.69 bits per heavy atom. The smallest absolute Gasteiger partial charge is 0.269 e. The van der Waals surface area contributed by atoms with Gasteiger partial charge in [0.2, 0.25) is 0 Å². The molecule has 7 heteroatoms. The van der Waals surface area contributed by atoms with E-state index in [1.807, 2.05) is 48.5 Å². The molecule has 3 rings (SSSR count). The molecule has 0 aromatic heterocycles. The average molecular weight is 514 g/mol. The first-order valence-corrected chi connectivity index (χ1v) is 10.1. The summed E-state index contributed by atoms with van der Waals surface area (Å²) in [7, 11) is 0. The highest BCUT2D eigenvalue weighted by Crippen LogP contribution is 2.36. The fraction of sp³-hybridized carbons (Fsp3) is 0.0455. The summed E-state index contributed by atoms with van der Waals surface area (Å²) in [4.78, 5) is 10.3. The van der Waals surface area contributed by atoms with Crippen LogP contribution in [0.5, 0.6) is 5.75 Å². The van der Waals surface area contributed by atoms with Crippen LogP contribution in [-0.4, -0.2) is 4.92 Å². The first kappa shape index (κ1) is 20.8. The summed E-state index contributed by atoms with van der Waals surface area (Å²) in [6.07, 6.45) is 1.81. The predicted octanol–water partition coefficient (Wildman–Crippen LogP) is 6.76. The van der Waals surface area contributed by atoms with Crippen molar-refractivity contribution in [1.29, 1.82) is 5.26 Å². The summed E-state index contributed by atoms with van der Waals surface area (Å²) >= 11 is 7.03. The highest BCUT2D eigenvalue weighted by atomic mass is 79.9. The van der Waals surface area contributed by atoms with Crippen molar-refractivity contribution in [3.05, 3.63) is 102 Å². The summed E-state index contributed by atoms with van der Waals surface area (Å²) < 4.78 is 7.33. The molecule has 0 fully saturated rings. The number of nitrogens with zero attached hydrogens (tertiary/aromatic N) is 2. The Morgan fingerprint density at radius 1 is 1.07 bits per heavy atom. The van der Waals surface area contributed by atoms with E-state index in [-0.39, 0.29) is 12.3 Å². The third-order valence-corrected chi connectivity index (χ3v) is 5.25. The molecule has 0 heterocycles. The number of nitro groups is 1. The second kappa shape index (κ2) is 9.50. The molecular formula is C22H14Br2N2O3. The van der Waals surface area contributed by atoms with Crippen molar-refractivity contribution in [3.8, 4) is 11.8 Å². The van der Waals surface area contributed by atoms with Gasteiger partial charge in [-0.3, -0.25) is 10.1 Å². The van der Waals surface area contributed by atoms with Crippen molar-refractivity contribution < 1.29 is 9.66 Å². The lowest BCUT2D eigenvalue weighted by atomic mass is 10.0. The lowest BCUT2D eigenvalue weighted by Crippen LogP contribution is -1.98. The molecule has 0 saturated carbocycles. The fourth-order valence-corrected chi connectivity index (χ4v) is 4.09. The van der Waals surface area contributed by atoms with Gasteiger partial charge in [-0.2, -0.15) is 5.26 Å². The molecule has 0 atom stereocenters. The third kappa shape index (κ3) is 5.31. The Hall–Kier alpha value is -2.95. The van der Waals surface area contributed by atoms with E-state index in [0.717, 1.165) is 25.6 Å². The van der Waals surface area contributed by atoms with Gasteiger partial charge in [-0.1, -0.05) is 30.3 Å². The van der Waals surface area contributed by atoms with Crippen LogP contribution in [0.4, 0.5) is 5.69 Å². The number of allylic oxidation sites excluding steroid dienone is 1. The summed E-state index contributed by atoms with van der Waals surface area (Å²) in [5.74, 6) is 0.610. The third-order valence-electron chi connectivity index (χ3n) is 4.07. The molecule has 0 spiro atoms. The van der Waals surface area contributed by atoms with E-state index < -0.39 is 4.92 Å². The minimum atomic E-state index is -0.436. The molecule has 3 aromatic carbocycles. The molecular weight excluding hydrogens is 500 g/mol. The first-order valence-electron chi connectivity index (χ1n) is 8.50. The number of hydrogen-bond donors (Lipinski definition) is 0. The minimum Gasteiger partial charge on any atom is -0.487 e. The van der Waals surface area contributed by atoms with Crippen LogP contribution in [-0.2, 0) is 6.61 Å². The number of nitriles is 1. The van der Waals surface area contributed by atoms with Crippen molar-refractivity contribution in [2.45, 2.75) is 6.61 Å². The molecule has 0 amide bonds. The topological polar surface area (TPSA) is 76.2 Å². The maximum Gasteiger partial charge on any atom is 0.269 e. The first-order chi connectivity index (χ1) is 14.0. The number of non-ortho nitro benzene ring substituents is 1. The van der Waals surface area contributed by atoms with E-state index in [9.17, 15) is 15.4 Å². The highest BCUT2D eigenvalue weighted by Gasteiger charge is 2.11. The van der Waals surface area contributed by atoms with Gasteiger partial charge in [-0.15, -0.1) is 0 Å². The Kier molecular flexibility index (Phi) is 6.81. The monoisotopic (exact) mass is 512 g/mol. The van der Waals surface area contributed by atoms with Gasteiger partial charge >= 0.3 is 0 Å². The molecule has 0 unspecified atom stereocenters. The number of hydrogen-bond acceptors (Lipinski definition) is 4. The van der Waals surface area contributed by atoms with Crippen molar-refractivity contribution in [2.24, 2.45) is 0 Å². The van der Waals surface area contributed by atoms with Gasteiger partial charge in [0, 0.05) is 12.1 Å². The van der Waals surface area contributed by atoms with Crippen molar-refractivity contribution in [3.63, 3.8) is 0 Å². The van der Waals surface area contributed by atoms with E-state index in [2.05, 4.69) is 37.9 Å². The summed E-state index contributed by atoms with van der Waals surface area (Å²) in [6, 6.07) is 21.7. The fourth-order valence-electron chi connectivity index (χ4n) is 2.63. The quantitative estimate of drug-likeness (QED) is 0.158. The van der Waals surface area contributed by atoms with E-state index in [1.54, 1.807) is 12.1 Å². The maximum atomic E-state index is 10.7. The van der Waals surface area contributed by atoms with Crippen molar-refractivity contribution >= 4 is 49.2 Å². The zero-order chi connectivity index (χ0) is 20.8. The molecule has 0 aliphatic rings. The normalized spacial score (nSPS) is 11.0. The van der Waals surface area contributed by atoms with Crippen LogP contribution in [0.1, 0.15) is 16.7 Å². The molecule has 3 aromatic rings. The number of benzene rings is 3. The van der Waals surface area contributed by atoms with Gasteiger partial charge in [-0.25, -0.2) is 0 Å². The van der Waals surface area contributed by atoms with Crippen LogP contribution >= 0.6 is 31.9 Å². The number of ether oxygens (including phenoxy) is 1. The summed E-state index contributed by atoms with van der Waals surface area (Å²) in [5.41, 5.74) is 3.10. The van der Waals surface area contributed by atoms with Crippen LogP contribution in [0, 0.1) is 21.4 Å². The Morgan fingerprint density at radius 3 is 2.24 bits per heavy atom. The van der Waals surface area contributed by atoms with Crippen molar-refractivity contribution in [1.82, 2.24) is 0 Å². The van der Waals surface area contributed by atoms with Gasteiger partial charge in [0.15, 0.2) is 0 Å². The standard InChI is InChI=1S/C22H14Br2N2O3/c23-20-11-16(10-18(13-25)17-4-2-1-3-5-17)12-21(24)22(20)29-14-15-6-8-19(9-7-15)26(27)28/h1-12H,14H2/b18-10+. The van der Waals surface area contributed by atoms with Crippen LogP contribution < -0.4 is 4.74 Å². The molecule has 0 aliphatic heterocycles. The van der Waals surface area contributed by atoms with Gasteiger partial charge in [0.1, 0.15) is 12.4 Å². The second-order valence-corrected chi connectivity index (χ2v) is 7.77. The maximum absolute atomic E-state index is 10.7. The molecule has 0 bridgehead atoms. The van der Waals surface area contributed by atoms with Gasteiger partial charge in [0.05, 0.1) is 25.5 Å². The molecule has 0 aliphatic carbocycles. The second-order valence-electron chi connectivity index (χ2n) is 6.06. The minimum absolute atomic E-state index is 0.0407. The Bertz CT molecular complexity index is 1080. The number of nitro benzene ring substituents is 1. The van der Waals surface area contributed by atoms with Crippen LogP contribution in [0.2, 0.25) is 0 Å². The van der Waals surface area contributed by atoms with E-state index in [4.69, 9.17) is 4.74 Å². The number of halogens is 2. The lowest BCUT2D eigenvalue weighted by Gasteiger charge is -2.12. The SMILES string of the molecule is N#C/C(=C\c1cc(Br)c(OCc2ccc([N+](=O)[O-])cc2)c(Br)c1)c1ccccc1. The van der Waals surface area contributed by atoms with Crippen molar-refractivity contribution in [2.75, 3.05) is 0 Å². The molecule has 29 heavy (non-hydrogen) atoms. The van der Waals surface area contributed by atoms with Gasteiger partial charge in [-0.05, 0) is 78.9 Å². The summed E-state index contributed by atoms with van der Waals surface area (Å²) in [5, 5.41) is 20.2. The van der Waals surface area contributed by atoms with E-state index >= 15 is 0 Å². The predicted molar refractivity (Wildman–Crippen MR) is 119 cm³/mol. The van der Waals surface area contributed by atoms with E-state index in [0.29, 0.717) is 11.3 Å². The Balaban J connectivity index is 1.79. The molecule has 5 nitrogen and oxygen atoms in total. The molecule has 144 valence electrons. The number of rotatable bonds is 6. The summed E-state index contributed by atoms with van der Waals surface area (Å²) in [6.45, 7) is 0.262. The average Bonchev–Trinajstić information content (AvgIpc) is 2.72. The zero-order valence-electron chi connectivity index (χ0n) is 15.0. The van der Waals surface area contributed by atoms with Crippen LogP contribution in [0.3, 0.4) is 0 Å². The van der Waals surface area contributed by atoms with Crippen LogP contribution in [0.25, 0.3) is 11.6 Å². The molecule has 0 radical (unpaired) electrons. The largest absolute Gasteiger partial charge is 0.487 e. The lowest BCUT2D eigenvalue weighted by molar-refractivity contribution is -0.384.